The van der Waals surface area contributed by atoms with Crippen LogP contribution in [0.4, 0.5) is 0 Å². The number of benzene rings is 1. The van der Waals surface area contributed by atoms with Gasteiger partial charge < -0.3 is 20.9 Å². The molecule has 18 heavy (non-hydrogen) atoms. The molecular weight excluding hydrogens is 228 g/mol. The number of aryl methyl sites for hydroxylation is 2. The molecule has 0 saturated carbocycles. The first-order valence-corrected chi connectivity index (χ1v) is 6.43. The van der Waals surface area contributed by atoms with Crippen molar-refractivity contribution in [2.75, 3.05) is 26.2 Å². The maximum absolute atomic E-state index is 9.77. The van der Waals surface area contributed by atoms with Gasteiger partial charge in [0, 0.05) is 6.54 Å². The topological polar surface area (TPSA) is 67.5 Å². The minimum absolute atomic E-state index is 0.307. The molecule has 4 N–H and O–H groups in total. The van der Waals surface area contributed by atoms with E-state index in [1.807, 2.05) is 32.0 Å². The average Bonchev–Trinajstić information content (AvgIpc) is 2.34. The Morgan fingerprint density at radius 2 is 2.00 bits per heavy atom. The zero-order chi connectivity index (χ0) is 13.4. The molecule has 1 rings (SSSR count). The second kappa shape index (κ2) is 8.08. The van der Waals surface area contributed by atoms with Crippen molar-refractivity contribution in [2.24, 2.45) is 5.73 Å². The van der Waals surface area contributed by atoms with Crippen molar-refractivity contribution in [3.05, 3.63) is 29.3 Å². The van der Waals surface area contributed by atoms with Crippen molar-refractivity contribution in [2.45, 2.75) is 26.4 Å². The molecule has 1 unspecified atom stereocenters. The van der Waals surface area contributed by atoms with Gasteiger partial charge in [-0.15, -0.1) is 0 Å². The molecule has 0 radical (unpaired) electrons. The Morgan fingerprint density at radius 1 is 1.33 bits per heavy atom. The molecule has 0 aliphatic carbocycles. The van der Waals surface area contributed by atoms with Gasteiger partial charge in [0.15, 0.2) is 0 Å². The van der Waals surface area contributed by atoms with E-state index in [-0.39, 0.29) is 0 Å². The second-order valence-electron chi connectivity index (χ2n) is 4.53. The molecule has 0 fully saturated rings. The molecule has 0 aromatic heterocycles. The van der Waals surface area contributed by atoms with E-state index in [0.29, 0.717) is 19.7 Å². The Balaban J connectivity index is 2.31. The summed E-state index contributed by atoms with van der Waals surface area (Å²) < 4.78 is 5.67. The van der Waals surface area contributed by atoms with E-state index in [9.17, 15) is 5.11 Å². The van der Waals surface area contributed by atoms with Crippen molar-refractivity contribution < 1.29 is 9.84 Å². The van der Waals surface area contributed by atoms with E-state index in [1.54, 1.807) is 0 Å². The molecule has 0 saturated heterocycles. The van der Waals surface area contributed by atoms with E-state index >= 15 is 0 Å². The Morgan fingerprint density at radius 3 is 2.61 bits per heavy atom. The van der Waals surface area contributed by atoms with Gasteiger partial charge in [0.2, 0.25) is 0 Å². The highest BCUT2D eigenvalue weighted by molar-refractivity contribution is 5.39. The lowest BCUT2D eigenvalue weighted by Crippen LogP contribution is -2.32. The molecule has 1 aromatic carbocycles. The van der Waals surface area contributed by atoms with Gasteiger partial charge in [0.05, 0.1) is 0 Å². The van der Waals surface area contributed by atoms with Gasteiger partial charge in [-0.3, -0.25) is 0 Å². The number of aliphatic hydroxyl groups is 1. The summed E-state index contributed by atoms with van der Waals surface area (Å²) in [6.07, 6.45) is 0.423. The third-order valence-corrected chi connectivity index (χ3v) is 2.77. The monoisotopic (exact) mass is 252 g/mol. The molecule has 1 atom stereocenters. The Bertz CT molecular complexity index is 335. The third-order valence-electron chi connectivity index (χ3n) is 2.77. The van der Waals surface area contributed by atoms with E-state index in [0.717, 1.165) is 29.8 Å². The van der Waals surface area contributed by atoms with Crippen LogP contribution in [0.2, 0.25) is 0 Å². The fourth-order valence-electron chi connectivity index (χ4n) is 1.76. The van der Waals surface area contributed by atoms with Crippen LogP contribution in [0.5, 0.6) is 5.75 Å². The zero-order valence-electron chi connectivity index (χ0n) is 11.3. The molecule has 4 nitrogen and oxygen atoms in total. The van der Waals surface area contributed by atoms with Crippen molar-refractivity contribution in [3.8, 4) is 5.75 Å². The molecular formula is C14H24N2O2. The fraction of sp³-hybridized carbons (Fsp3) is 0.571. The maximum Gasteiger partial charge on any atom is 0.125 e. The molecule has 0 spiro atoms. The van der Waals surface area contributed by atoms with Gasteiger partial charge in [-0.05, 0) is 44.5 Å². The summed E-state index contributed by atoms with van der Waals surface area (Å²) in [7, 11) is 0. The van der Waals surface area contributed by atoms with Crippen LogP contribution in [-0.4, -0.2) is 37.5 Å². The minimum Gasteiger partial charge on any atom is -0.490 e. The zero-order valence-corrected chi connectivity index (χ0v) is 11.3. The smallest absolute Gasteiger partial charge is 0.125 e. The summed E-state index contributed by atoms with van der Waals surface area (Å²) in [5.41, 5.74) is 7.58. The Kier molecular flexibility index (Phi) is 6.72. The highest BCUT2D eigenvalue weighted by Crippen LogP contribution is 2.22. The highest BCUT2D eigenvalue weighted by Gasteiger charge is 2.07. The molecule has 0 amide bonds. The van der Waals surface area contributed by atoms with Gasteiger partial charge in [-0.2, -0.15) is 0 Å². The van der Waals surface area contributed by atoms with Crippen molar-refractivity contribution >= 4 is 0 Å². The number of hydrogen-bond acceptors (Lipinski definition) is 4. The van der Waals surface area contributed by atoms with Crippen LogP contribution in [0.25, 0.3) is 0 Å². The van der Waals surface area contributed by atoms with Crippen LogP contribution in [0.15, 0.2) is 18.2 Å². The lowest BCUT2D eigenvalue weighted by molar-refractivity contribution is 0.106. The number of nitrogens with one attached hydrogen (secondary N) is 1. The summed E-state index contributed by atoms with van der Waals surface area (Å²) in [4.78, 5) is 0. The third kappa shape index (κ3) is 5.04. The first-order valence-electron chi connectivity index (χ1n) is 6.43. The fourth-order valence-corrected chi connectivity index (χ4v) is 1.76. The highest BCUT2D eigenvalue weighted by atomic mass is 16.5. The first-order chi connectivity index (χ1) is 8.65. The summed E-state index contributed by atoms with van der Waals surface area (Å²) >= 11 is 0. The number of hydrogen-bond donors (Lipinski definition) is 3. The molecule has 1 aromatic rings. The van der Waals surface area contributed by atoms with Gasteiger partial charge in [0.25, 0.3) is 0 Å². The van der Waals surface area contributed by atoms with Gasteiger partial charge in [-0.1, -0.05) is 18.2 Å². The SMILES string of the molecule is Cc1cccc(C)c1OCC(O)CNCCCN. The second-order valence-corrected chi connectivity index (χ2v) is 4.53. The minimum atomic E-state index is -0.498. The molecule has 102 valence electrons. The lowest BCUT2D eigenvalue weighted by Gasteiger charge is -2.16. The predicted octanol–water partition coefficient (Wildman–Crippen LogP) is 0.982. The summed E-state index contributed by atoms with van der Waals surface area (Å²) in [6.45, 7) is 6.35. The van der Waals surface area contributed by atoms with Crippen molar-refractivity contribution in [3.63, 3.8) is 0 Å². The number of para-hydroxylation sites is 1. The van der Waals surface area contributed by atoms with E-state index in [2.05, 4.69) is 5.32 Å². The largest absolute Gasteiger partial charge is 0.490 e. The predicted molar refractivity (Wildman–Crippen MR) is 74.0 cm³/mol. The standard InChI is InChI=1S/C14H24N2O2/c1-11-5-3-6-12(2)14(11)18-10-13(17)9-16-8-4-7-15/h3,5-6,13,16-17H,4,7-10,15H2,1-2H3. The van der Waals surface area contributed by atoms with E-state index < -0.39 is 6.10 Å². The quantitative estimate of drug-likeness (QED) is 0.603. The van der Waals surface area contributed by atoms with Gasteiger partial charge in [0.1, 0.15) is 18.5 Å². The van der Waals surface area contributed by atoms with Crippen molar-refractivity contribution in [1.29, 1.82) is 0 Å². The molecule has 0 bridgehead atoms. The molecule has 4 heteroatoms. The van der Waals surface area contributed by atoms with Crippen LogP contribution < -0.4 is 15.8 Å². The molecule has 0 aliphatic rings. The number of nitrogens with two attached hydrogens (primary N) is 1. The Labute approximate surface area is 109 Å². The lowest BCUT2D eigenvalue weighted by atomic mass is 10.1. The van der Waals surface area contributed by atoms with E-state index in [1.165, 1.54) is 0 Å². The Hall–Kier alpha value is -1.10. The summed E-state index contributed by atoms with van der Waals surface area (Å²) in [6, 6.07) is 6.02. The number of aliphatic hydroxyl groups excluding tert-OH is 1. The van der Waals surface area contributed by atoms with Crippen LogP contribution in [0.3, 0.4) is 0 Å². The van der Waals surface area contributed by atoms with Gasteiger partial charge >= 0.3 is 0 Å². The van der Waals surface area contributed by atoms with Crippen LogP contribution >= 0.6 is 0 Å². The number of rotatable bonds is 8. The van der Waals surface area contributed by atoms with Crippen molar-refractivity contribution in [1.82, 2.24) is 5.32 Å². The van der Waals surface area contributed by atoms with Crippen LogP contribution in [0, 0.1) is 13.8 Å². The summed E-state index contributed by atoms with van der Waals surface area (Å²) in [5.74, 6) is 0.874. The number of ether oxygens (including phenoxy) is 1. The van der Waals surface area contributed by atoms with E-state index in [4.69, 9.17) is 10.5 Å². The molecule has 0 heterocycles. The molecule has 0 aliphatic heterocycles. The van der Waals surface area contributed by atoms with Gasteiger partial charge in [-0.25, -0.2) is 0 Å². The first kappa shape index (κ1) is 15.0. The van der Waals surface area contributed by atoms with Crippen LogP contribution in [-0.2, 0) is 0 Å². The average molecular weight is 252 g/mol. The van der Waals surface area contributed by atoms with Crippen LogP contribution in [0.1, 0.15) is 17.5 Å². The normalized spacial score (nSPS) is 12.4. The summed E-state index contributed by atoms with van der Waals surface area (Å²) in [5, 5.41) is 12.9. The maximum atomic E-state index is 9.77.